The van der Waals surface area contributed by atoms with Gasteiger partial charge in [0, 0.05) is 11.6 Å². The van der Waals surface area contributed by atoms with Gasteiger partial charge in [0.25, 0.3) is 0 Å². The summed E-state index contributed by atoms with van der Waals surface area (Å²) >= 11 is 0. The molecule has 0 aromatic heterocycles. The summed E-state index contributed by atoms with van der Waals surface area (Å²) in [7, 11) is 0. The van der Waals surface area contributed by atoms with E-state index < -0.39 is 0 Å². The van der Waals surface area contributed by atoms with Crippen molar-refractivity contribution < 1.29 is 4.84 Å². The minimum absolute atomic E-state index is 0.660. The SMILES string of the molecule is C#Cc1ccc2c(c1)ONC=N2. The van der Waals surface area contributed by atoms with Crippen molar-refractivity contribution in [2.24, 2.45) is 4.99 Å². The number of benzene rings is 1. The van der Waals surface area contributed by atoms with Crippen LogP contribution in [0.3, 0.4) is 0 Å². The summed E-state index contributed by atoms with van der Waals surface area (Å²) in [5.41, 5.74) is 4.10. The maximum atomic E-state index is 5.22. The van der Waals surface area contributed by atoms with Crippen LogP contribution in [-0.4, -0.2) is 6.34 Å². The van der Waals surface area contributed by atoms with E-state index in [2.05, 4.69) is 16.4 Å². The van der Waals surface area contributed by atoms with E-state index in [1.807, 2.05) is 12.1 Å². The summed E-state index contributed by atoms with van der Waals surface area (Å²) in [6.45, 7) is 0. The molecule has 1 heterocycles. The minimum atomic E-state index is 0.660. The molecule has 1 N–H and O–H groups in total. The fourth-order valence-corrected chi connectivity index (χ4v) is 0.978. The van der Waals surface area contributed by atoms with E-state index in [1.165, 1.54) is 6.34 Å². The topological polar surface area (TPSA) is 33.6 Å². The Morgan fingerprint density at radius 3 is 3.25 bits per heavy atom. The molecule has 0 spiro atoms. The third-order valence-corrected chi connectivity index (χ3v) is 1.55. The maximum Gasteiger partial charge on any atom is 0.181 e. The highest BCUT2D eigenvalue weighted by molar-refractivity contribution is 5.68. The lowest BCUT2D eigenvalue weighted by molar-refractivity contribution is 0.263. The Balaban J connectivity index is 2.53. The Hall–Kier alpha value is -1.95. The number of nitrogens with zero attached hydrogens (tertiary/aromatic N) is 1. The quantitative estimate of drug-likeness (QED) is 0.576. The monoisotopic (exact) mass is 158 g/mol. The molecule has 58 valence electrons. The van der Waals surface area contributed by atoms with Crippen LogP contribution in [0.25, 0.3) is 0 Å². The van der Waals surface area contributed by atoms with Crippen molar-refractivity contribution in [2.75, 3.05) is 0 Å². The van der Waals surface area contributed by atoms with Gasteiger partial charge in [-0.1, -0.05) is 5.92 Å². The normalized spacial score (nSPS) is 12.2. The van der Waals surface area contributed by atoms with Crippen LogP contribution >= 0.6 is 0 Å². The molecule has 1 aromatic rings. The molecule has 1 aliphatic heterocycles. The van der Waals surface area contributed by atoms with Gasteiger partial charge in [0.05, 0.1) is 0 Å². The molecule has 0 saturated carbocycles. The number of hydrogen-bond acceptors (Lipinski definition) is 3. The molecule has 1 aromatic carbocycles. The fourth-order valence-electron chi connectivity index (χ4n) is 0.978. The third kappa shape index (κ3) is 0.995. The average Bonchev–Trinajstić information content (AvgIpc) is 2.17. The summed E-state index contributed by atoms with van der Waals surface area (Å²) in [6.07, 6.45) is 6.70. The molecule has 2 rings (SSSR count). The first-order valence-electron chi connectivity index (χ1n) is 3.46. The van der Waals surface area contributed by atoms with E-state index in [1.54, 1.807) is 6.07 Å². The van der Waals surface area contributed by atoms with Gasteiger partial charge in [-0.2, -0.15) is 0 Å². The highest BCUT2D eigenvalue weighted by atomic mass is 16.6. The van der Waals surface area contributed by atoms with E-state index in [4.69, 9.17) is 11.3 Å². The van der Waals surface area contributed by atoms with Crippen molar-refractivity contribution in [1.82, 2.24) is 5.48 Å². The first kappa shape index (κ1) is 6.74. The van der Waals surface area contributed by atoms with E-state index in [0.717, 1.165) is 11.3 Å². The molecule has 0 bridgehead atoms. The van der Waals surface area contributed by atoms with E-state index in [0.29, 0.717) is 5.75 Å². The number of aliphatic imine (C=N–C) groups is 1. The van der Waals surface area contributed by atoms with Crippen LogP contribution in [0.4, 0.5) is 5.69 Å². The van der Waals surface area contributed by atoms with Crippen LogP contribution in [0.5, 0.6) is 5.75 Å². The average molecular weight is 158 g/mol. The number of hydroxylamine groups is 1. The Bertz CT molecular complexity index is 377. The van der Waals surface area contributed by atoms with Crippen molar-refractivity contribution >= 4 is 12.0 Å². The van der Waals surface area contributed by atoms with Gasteiger partial charge in [-0.25, -0.2) is 10.5 Å². The van der Waals surface area contributed by atoms with Gasteiger partial charge >= 0.3 is 0 Å². The first-order chi connectivity index (χ1) is 5.90. The number of nitrogens with one attached hydrogen (secondary N) is 1. The molecule has 3 heteroatoms. The molecular weight excluding hydrogens is 152 g/mol. The molecule has 12 heavy (non-hydrogen) atoms. The molecule has 0 saturated heterocycles. The Labute approximate surface area is 70.0 Å². The largest absolute Gasteiger partial charge is 0.379 e. The van der Waals surface area contributed by atoms with Crippen molar-refractivity contribution in [3.05, 3.63) is 23.8 Å². The molecule has 3 nitrogen and oxygen atoms in total. The Kier molecular flexibility index (Phi) is 1.45. The zero-order valence-electron chi connectivity index (χ0n) is 6.24. The molecule has 0 unspecified atom stereocenters. The second kappa shape index (κ2) is 2.59. The van der Waals surface area contributed by atoms with Gasteiger partial charge in [-0.05, 0) is 12.1 Å². The zero-order chi connectivity index (χ0) is 8.39. The van der Waals surface area contributed by atoms with E-state index in [9.17, 15) is 0 Å². The van der Waals surface area contributed by atoms with Crippen molar-refractivity contribution in [1.29, 1.82) is 0 Å². The molecule has 0 radical (unpaired) electrons. The summed E-state index contributed by atoms with van der Waals surface area (Å²) in [5.74, 6) is 3.18. The van der Waals surface area contributed by atoms with E-state index >= 15 is 0 Å². The second-order valence-corrected chi connectivity index (χ2v) is 2.30. The summed E-state index contributed by atoms with van der Waals surface area (Å²) in [4.78, 5) is 9.11. The zero-order valence-corrected chi connectivity index (χ0v) is 6.24. The molecule has 0 fully saturated rings. The standard InChI is InChI=1S/C9H6N2O/c1-2-7-3-4-8-9(5-7)12-11-6-10-8/h1,3-6H,(H,10,11). The summed E-state index contributed by atoms with van der Waals surface area (Å²) in [5, 5.41) is 0. The predicted molar refractivity (Wildman–Crippen MR) is 46.3 cm³/mol. The highest BCUT2D eigenvalue weighted by Gasteiger charge is 2.06. The maximum absolute atomic E-state index is 5.22. The predicted octanol–water partition coefficient (Wildman–Crippen LogP) is 1.22. The van der Waals surface area contributed by atoms with Crippen LogP contribution in [-0.2, 0) is 0 Å². The third-order valence-electron chi connectivity index (χ3n) is 1.55. The minimum Gasteiger partial charge on any atom is -0.379 e. The molecular formula is C9H6N2O. The number of fused-ring (bicyclic) bond motifs is 1. The molecule has 0 atom stereocenters. The van der Waals surface area contributed by atoms with Crippen LogP contribution in [0.2, 0.25) is 0 Å². The lowest BCUT2D eigenvalue weighted by atomic mass is 10.2. The van der Waals surface area contributed by atoms with Crippen LogP contribution in [0.1, 0.15) is 5.56 Å². The van der Waals surface area contributed by atoms with Crippen LogP contribution in [0, 0.1) is 12.3 Å². The van der Waals surface area contributed by atoms with Crippen molar-refractivity contribution in [3.8, 4) is 18.1 Å². The highest BCUT2D eigenvalue weighted by Crippen LogP contribution is 2.28. The van der Waals surface area contributed by atoms with Crippen LogP contribution in [0.15, 0.2) is 23.2 Å². The first-order valence-corrected chi connectivity index (χ1v) is 3.46. The molecule has 0 amide bonds. The van der Waals surface area contributed by atoms with Gasteiger partial charge in [0.2, 0.25) is 0 Å². The second-order valence-electron chi connectivity index (χ2n) is 2.30. The number of hydrogen-bond donors (Lipinski definition) is 1. The summed E-state index contributed by atoms with van der Waals surface area (Å²) < 4.78 is 0. The van der Waals surface area contributed by atoms with Crippen LogP contribution < -0.4 is 10.3 Å². The van der Waals surface area contributed by atoms with Gasteiger partial charge in [0.15, 0.2) is 5.75 Å². The fraction of sp³-hybridized carbons (Fsp3) is 0. The van der Waals surface area contributed by atoms with Gasteiger partial charge < -0.3 is 4.84 Å². The lowest BCUT2D eigenvalue weighted by Crippen LogP contribution is -2.18. The van der Waals surface area contributed by atoms with Gasteiger partial charge in [0.1, 0.15) is 12.0 Å². The lowest BCUT2D eigenvalue weighted by Gasteiger charge is -2.11. The van der Waals surface area contributed by atoms with Gasteiger partial charge in [-0.3, -0.25) is 0 Å². The Morgan fingerprint density at radius 2 is 2.42 bits per heavy atom. The van der Waals surface area contributed by atoms with Crippen molar-refractivity contribution in [2.45, 2.75) is 0 Å². The molecule has 0 aliphatic carbocycles. The molecule has 1 aliphatic rings. The Morgan fingerprint density at radius 1 is 1.50 bits per heavy atom. The smallest absolute Gasteiger partial charge is 0.181 e. The van der Waals surface area contributed by atoms with Gasteiger partial charge in [-0.15, -0.1) is 6.42 Å². The summed E-state index contributed by atoms with van der Waals surface area (Å²) in [6, 6.07) is 5.41. The van der Waals surface area contributed by atoms with Crippen molar-refractivity contribution in [3.63, 3.8) is 0 Å². The number of terminal acetylenes is 1. The van der Waals surface area contributed by atoms with E-state index in [-0.39, 0.29) is 0 Å². The number of rotatable bonds is 0.